The van der Waals surface area contributed by atoms with Crippen molar-refractivity contribution in [2.24, 2.45) is 11.8 Å². The van der Waals surface area contributed by atoms with E-state index in [0.717, 1.165) is 60.8 Å². The number of nitrogens with zero attached hydrogens (tertiary/aromatic N) is 2. The second kappa shape index (κ2) is 7.07. The van der Waals surface area contributed by atoms with Crippen LogP contribution in [0.3, 0.4) is 0 Å². The number of sulfone groups is 1. The molecule has 0 bridgehead atoms. The van der Waals surface area contributed by atoms with Gasteiger partial charge in [0.25, 0.3) is 0 Å². The maximum Gasteiger partial charge on any atom is 0.208 e. The van der Waals surface area contributed by atoms with E-state index < -0.39 is 15.7 Å². The maximum atomic E-state index is 13.2. The minimum Gasteiger partial charge on any atom is -0.371 e. The summed E-state index contributed by atoms with van der Waals surface area (Å²) in [5.41, 5.74) is 1.86. The van der Waals surface area contributed by atoms with E-state index in [1.807, 2.05) is 12.1 Å². The van der Waals surface area contributed by atoms with Crippen LogP contribution in [0.15, 0.2) is 64.5 Å². The van der Waals surface area contributed by atoms with Crippen molar-refractivity contribution in [2.45, 2.75) is 16.2 Å². The van der Waals surface area contributed by atoms with Crippen LogP contribution in [0.2, 0.25) is 0 Å². The summed E-state index contributed by atoms with van der Waals surface area (Å²) in [5.74, 6) is 0.921. The molecule has 29 heavy (non-hydrogen) atoms. The van der Waals surface area contributed by atoms with Crippen molar-refractivity contribution < 1.29 is 12.8 Å². The summed E-state index contributed by atoms with van der Waals surface area (Å²) in [6.45, 7) is 4.21. The quantitative estimate of drug-likeness (QED) is 0.671. The molecule has 5 rings (SSSR count). The first-order valence-corrected chi connectivity index (χ1v) is 11.4. The number of aromatic nitrogens is 1. The predicted molar refractivity (Wildman–Crippen MR) is 110 cm³/mol. The number of hydrogen-bond acceptors (Lipinski definition) is 5. The van der Waals surface area contributed by atoms with Crippen LogP contribution in [0.4, 0.5) is 10.1 Å². The first-order chi connectivity index (χ1) is 14.0. The van der Waals surface area contributed by atoms with Gasteiger partial charge in [-0.3, -0.25) is 4.98 Å². The van der Waals surface area contributed by atoms with Crippen LogP contribution in [0.1, 0.15) is 6.42 Å². The third-order valence-corrected chi connectivity index (χ3v) is 7.85. The van der Waals surface area contributed by atoms with Gasteiger partial charge in [-0.1, -0.05) is 0 Å². The van der Waals surface area contributed by atoms with Crippen LogP contribution < -0.4 is 10.2 Å². The fraction of sp³-hybridized carbons (Fsp3) is 0.318. The van der Waals surface area contributed by atoms with Crippen LogP contribution >= 0.6 is 0 Å². The van der Waals surface area contributed by atoms with Gasteiger partial charge in [-0.05, 0) is 79.9 Å². The largest absolute Gasteiger partial charge is 0.371 e. The molecule has 0 radical (unpaired) electrons. The molecule has 1 aromatic heterocycles. The lowest BCUT2D eigenvalue weighted by molar-refractivity contribution is 0.318. The number of hydrogen-bond donors (Lipinski definition) is 1. The Morgan fingerprint density at radius 3 is 2.59 bits per heavy atom. The van der Waals surface area contributed by atoms with E-state index in [9.17, 15) is 12.8 Å². The fourth-order valence-corrected chi connectivity index (χ4v) is 5.72. The zero-order valence-electron chi connectivity index (χ0n) is 15.9. The number of nitrogens with one attached hydrogen (secondary N) is 1. The Hall–Kier alpha value is -2.51. The molecular weight excluding hydrogens is 389 g/mol. The van der Waals surface area contributed by atoms with Gasteiger partial charge >= 0.3 is 0 Å². The Morgan fingerprint density at radius 1 is 1.00 bits per heavy atom. The van der Waals surface area contributed by atoms with Crippen molar-refractivity contribution in [1.82, 2.24) is 10.3 Å². The molecule has 1 N–H and O–H groups in total. The summed E-state index contributed by atoms with van der Waals surface area (Å²) >= 11 is 0. The van der Waals surface area contributed by atoms with Crippen LogP contribution in [0.5, 0.6) is 0 Å². The summed E-state index contributed by atoms with van der Waals surface area (Å²) < 4.78 is 39.0. The maximum absolute atomic E-state index is 13.2. The van der Waals surface area contributed by atoms with Crippen molar-refractivity contribution in [2.75, 3.05) is 31.1 Å². The van der Waals surface area contributed by atoms with E-state index in [-0.39, 0.29) is 9.79 Å². The van der Waals surface area contributed by atoms with Crippen molar-refractivity contribution in [1.29, 1.82) is 0 Å². The Kier molecular flexibility index (Phi) is 4.52. The van der Waals surface area contributed by atoms with Crippen molar-refractivity contribution >= 4 is 26.4 Å². The molecule has 150 valence electrons. The molecule has 5 nitrogen and oxygen atoms in total. The lowest BCUT2D eigenvalue weighted by atomic mass is 9.90. The second-order valence-electron chi connectivity index (χ2n) is 7.92. The van der Waals surface area contributed by atoms with E-state index in [4.69, 9.17) is 0 Å². The molecule has 2 atom stereocenters. The molecule has 2 fully saturated rings. The first kappa shape index (κ1) is 18.5. The number of benzene rings is 2. The highest BCUT2D eigenvalue weighted by molar-refractivity contribution is 7.91. The number of rotatable bonds is 3. The third-order valence-electron chi connectivity index (χ3n) is 6.11. The normalized spacial score (nSPS) is 22.0. The Labute approximate surface area is 169 Å². The van der Waals surface area contributed by atoms with Crippen LogP contribution in [-0.4, -0.2) is 39.6 Å². The molecule has 0 spiro atoms. The van der Waals surface area contributed by atoms with Crippen LogP contribution in [0, 0.1) is 17.7 Å². The van der Waals surface area contributed by atoms with Gasteiger partial charge in [-0.15, -0.1) is 0 Å². The monoisotopic (exact) mass is 411 g/mol. The molecule has 2 aromatic carbocycles. The number of halogens is 1. The highest BCUT2D eigenvalue weighted by Gasteiger charge is 2.34. The molecule has 0 amide bonds. The molecule has 2 aliphatic rings. The first-order valence-electron chi connectivity index (χ1n) is 9.87. The zero-order valence-corrected chi connectivity index (χ0v) is 16.7. The zero-order chi connectivity index (χ0) is 20.0. The molecule has 2 unspecified atom stereocenters. The van der Waals surface area contributed by atoms with E-state index in [1.54, 1.807) is 6.07 Å². The van der Waals surface area contributed by atoms with Crippen molar-refractivity contribution in [3.05, 3.63) is 60.5 Å². The Bertz CT molecular complexity index is 1150. The molecule has 3 aromatic rings. The lowest BCUT2D eigenvalue weighted by Crippen LogP contribution is -2.35. The smallest absolute Gasteiger partial charge is 0.208 e. The third kappa shape index (κ3) is 3.38. The minimum atomic E-state index is -3.75. The summed E-state index contributed by atoms with van der Waals surface area (Å²) in [5, 5.41) is 4.26. The molecular formula is C22H22FN3O2S. The molecule has 0 aliphatic carbocycles. The van der Waals surface area contributed by atoms with Gasteiger partial charge in [-0.25, -0.2) is 12.8 Å². The lowest BCUT2D eigenvalue weighted by Gasteiger charge is -2.23. The molecule has 2 aliphatic heterocycles. The Balaban J connectivity index is 1.49. The van der Waals surface area contributed by atoms with Crippen molar-refractivity contribution in [3.8, 4) is 0 Å². The summed E-state index contributed by atoms with van der Waals surface area (Å²) in [7, 11) is -3.75. The summed E-state index contributed by atoms with van der Waals surface area (Å²) in [6.07, 6.45) is 2.58. The predicted octanol–water partition coefficient (Wildman–Crippen LogP) is 3.25. The summed E-state index contributed by atoms with van der Waals surface area (Å²) in [4.78, 5) is 6.92. The number of pyridine rings is 1. The highest BCUT2D eigenvalue weighted by Crippen LogP contribution is 2.33. The van der Waals surface area contributed by atoms with Gasteiger partial charge in [0.2, 0.25) is 9.84 Å². The minimum absolute atomic E-state index is 0.0623. The molecule has 0 saturated carbocycles. The summed E-state index contributed by atoms with van der Waals surface area (Å²) in [6, 6.07) is 12.6. The van der Waals surface area contributed by atoms with E-state index in [2.05, 4.69) is 21.3 Å². The average Bonchev–Trinajstić information content (AvgIpc) is 3.17. The average molecular weight is 412 g/mol. The SMILES string of the molecule is O=S(=O)(c1ccc(F)cc1)c1cnc2ccc(N3CC4CCNCC4C3)cc2c1. The number of anilines is 1. The van der Waals surface area contributed by atoms with Gasteiger partial charge in [-0.2, -0.15) is 0 Å². The van der Waals surface area contributed by atoms with Crippen molar-refractivity contribution in [3.63, 3.8) is 0 Å². The second-order valence-corrected chi connectivity index (χ2v) is 9.87. The number of piperidine rings is 1. The van der Waals surface area contributed by atoms with Gasteiger partial charge in [0, 0.05) is 30.4 Å². The van der Waals surface area contributed by atoms with Crippen LogP contribution in [0.25, 0.3) is 10.9 Å². The number of fused-ring (bicyclic) bond motifs is 2. The van der Waals surface area contributed by atoms with Gasteiger partial charge in [0.05, 0.1) is 15.3 Å². The molecule has 7 heteroatoms. The Morgan fingerprint density at radius 2 is 1.79 bits per heavy atom. The van der Waals surface area contributed by atoms with Gasteiger partial charge in [0.15, 0.2) is 0 Å². The fourth-order valence-electron chi connectivity index (χ4n) is 4.48. The topological polar surface area (TPSA) is 62.3 Å². The molecule has 3 heterocycles. The van der Waals surface area contributed by atoms with E-state index >= 15 is 0 Å². The van der Waals surface area contributed by atoms with E-state index in [0.29, 0.717) is 5.92 Å². The highest BCUT2D eigenvalue weighted by atomic mass is 32.2. The van der Waals surface area contributed by atoms with Gasteiger partial charge < -0.3 is 10.2 Å². The van der Waals surface area contributed by atoms with Gasteiger partial charge in [0.1, 0.15) is 5.82 Å². The standard InChI is InChI=1S/C22H22FN3O2S/c23-18-1-4-20(5-2-18)29(27,28)21-10-16-9-19(3-6-22(16)25-12-21)26-13-15-7-8-24-11-17(15)14-26/h1-6,9-10,12,15,17,24H,7-8,11,13-14H2. The van der Waals surface area contributed by atoms with Crippen LogP contribution in [-0.2, 0) is 9.84 Å². The molecule has 2 saturated heterocycles. The van der Waals surface area contributed by atoms with E-state index in [1.165, 1.54) is 24.8 Å².